The highest BCUT2D eigenvalue weighted by atomic mass is 16.5. The van der Waals surface area contributed by atoms with Gasteiger partial charge >= 0.3 is 0 Å². The van der Waals surface area contributed by atoms with E-state index in [0.29, 0.717) is 6.10 Å². The first-order valence-corrected chi connectivity index (χ1v) is 11.5. The third kappa shape index (κ3) is 6.49. The van der Waals surface area contributed by atoms with Crippen molar-refractivity contribution in [3.8, 4) is 6.07 Å². The van der Waals surface area contributed by atoms with Gasteiger partial charge in [-0.15, -0.1) is 0 Å². The minimum absolute atomic E-state index is 0.491. The molecule has 1 aromatic rings. The molecular formula is C26H37NO. The predicted octanol–water partition coefficient (Wildman–Crippen LogP) is 6.96. The summed E-state index contributed by atoms with van der Waals surface area (Å²) in [4.78, 5) is 0. The molecule has 0 amide bonds. The molecule has 0 aliphatic heterocycles. The topological polar surface area (TPSA) is 33.0 Å². The van der Waals surface area contributed by atoms with Crippen LogP contribution in [0.1, 0.15) is 88.2 Å². The van der Waals surface area contributed by atoms with Crippen LogP contribution in [0.15, 0.2) is 36.4 Å². The van der Waals surface area contributed by atoms with E-state index in [1.165, 1.54) is 63.4 Å². The SMILES string of the molecule is CCc1ccc([C@H]2CC[C@H](CO[C@H]3CC[C@H](CC/C=C/C#N)CC3)CC2)cc1. The molecule has 2 heteroatoms. The fraction of sp³-hybridized carbons (Fsp3) is 0.654. The molecule has 2 saturated carbocycles. The van der Waals surface area contributed by atoms with Gasteiger partial charge < -0.3 is 4.74 Å². The molecule has 0 aromatic heterocycles. The van der Waals surface area contributed by atoms with Crippen LogP contribution in [0, 0.1) is 23.2 Å². The van der Waals surface area contributed by atoms with Gasteiger partial charge in [-0.3, -0.25) is 0 Å². The van der Waals surface area contributed by atoms with E-state index in [2.05, 4.69) is 37.3 Å². The highest BCUT2D eigenvalue weighted by Gasteiger charge is 2.25. The second kappa shape index (κ2) is 11.4. The lowest BCUT2D eigenvalue weighted by Gasteiger charge is -2.32. The molecule has 2 nitrogen and oxygen atoms in total. The number of ether oxygens (including phenoxy) is 1. The van der Waals surface area contributed by atoms with E-state index in [-0.39, 0.29) is 0 Å². The van der Waals surface area contributed by atoms with Crippen LogP contribution in [0.4, 0.5) is 0 Å². The zero-order valence-electron chi connectivity index (χ0n) is 17.6. The summed E-state index contributed by atoms with van der Waals surface area (Å²) in [6.07, 6.45) is 17.9. The van der Waals surface area contributed by atoms with Gasteiger partial charge in [-0.1, -0.05) is 37.3 Å². The number of hydrogen-bond donors (Lipinski definition) is 0. The second-order valence-corrected chi connectivity index (χ2v) is 8.90. The van der Waals surface area contributed by atoms with Crippen molar-refractivity contribution in [3.63, 3.8) is 0 Å². The molecule has 0 bridgehead atoms. The molecule has 0 heterocycles. The summed E-state index contributed by atoms with van der Waals surface area (Å²) in [6.45, 7) is 3.20. The number of benzene rings is 1. The van der Waals surface area contributed by atoms with E-state index >= 15 is 0 Å². The zero-order valence-corrected chi connectivity index (χ0v) is 17.6. The number of aryl methyl sites for hydroxylation is 1. The number of nitrogens with zero attached hydrogens (tertiary/aromatic N) is 1. The number of rotatable bonds is 8. The molecule has 2 aliphatic carbocycles. The van der Waals surface area contributed by atoms with Gasteiger partial charge in [0, 0.05) is 12.7 Å². The molecule has 3 rings (SSSR count). The fourth-order valence-electron chi connectivity index (χ4n) is 5.02. The third-order valence-electron chi connectivity index (χ3n) is 7.00. The van der Waals surface area contributed by atoms with Crippen LogP contribution < -0.4 is 0 Å². The van der Waals surface area contributed by atoms with Crippen LogP contribution >= 0.6 is 0 Å². The summed E-state index contributed by atoms with van der Waals surface area (Å²) in [7, 11) is 0. The van der Waals surface area contributed by atoms with Gasteiger partial charge in [0.05, 0.1) is 12.2 Å². The third-order valence-corrected chi connectivity index (χ3v) is 7.00. The molecule has 2 aliphatic rings. The minimum Gasteiger partial charge on any atom is -0.378 e. The van der Waals surface area contributed by atoms with Crippen LogP contribution in [0.5, 0.6) is 0 Å². The highest BCUT2D eigenvalue weighted by Crippen LogP contribution is 2.37. The quantitative estimate of drug-likeness (QED) is 0.457. The second-order valence-electron chi connectivity index (χ2n) is 8.90. The van der Waals surface area contributed by atoms with Crippen molar-refractivity contribution in [1.29, 1.82) is 5.26 Å². The maximum atomic E-state index is 8.54. The standard InChI is InChI=1S/C26H37NO/c1-2-21-7-13-24(14-8-21)25-15-9-23(10-16-25)20-28-26-17-11-22(12-18-26)6-4-3-5-19-27/h3,5,7-8,13-14,22-23,25-26H,2,4,6,9-12,15-18,20H2,1H3/b5-3+/t22-,23-,25-,26-. The van der Waals surface area contributed by atoms with Crippen LogP contribution in [-0.2, 0) is 11.2 Å². The maximum absolute atomic E-state index is 8.54. The van der Waals surface area contributed by atoms with Crippen molar-refractivity contribution in [1.82, 2.24) is 0 Å². The number of allylic oxidation sites excluding steroid dienone is 2. The van der Waals surface area contributed by atoms with Crippen molar-refractivity contribution >= 4 is 0 Å². The monoisotopic (exact) mass is 379 g/mol. The molecule has 2 fully saturated rings. The first-order valence-electron chi connectivity index (χ1n) is 11.5. The van der Waals surface area contributed by atoms with E-state index in [0.717, 1.165) is 37.2 Å². The Morgan fingerprint density at radius 3 is 2.29 bits per heavy atom. The van der Waals surface area contributed by atoms with Crippen molar-refractivity contribution < 1.29 is 4.74 Å². The lowest BCUT2D eigenvalue weighted by molar-refractivity contribution is -0.00824. The van der Waals surface area contributed by atoms with Crippen molar-refractivity contribution in [2.75, 3.05) is 6.61 Å². The zero-order chi connectivity index (χ0) is 19.6. The Kier molecular flexibility index (Phi) is 8.62. The van der Waals surface area contributed by atoms with Crippen molar-refractivity contribution in [3.05, 3.63) is 47.5 Å². The summed E-state index contributed by atoms with van der Waals surface area (Å²) in [5, 5.41) is 8.54. The van der Waals surface area contributed by atoms with E-state index in [4.69, 9.17) is 10.00 Å². The largest absolute Gasteiger partial charge is 0.378 e. The lowest BCUT2D eigenvalue weighted by atomic mass is 9.79. The van der Waals surface area contributed by atoms with Gasteiger partial charge in [0.1, 0.15) is 0 Å². The normalized spacial score (nSPS) is 28.3. The van der Waals surface area contributed by atoms with E-state index in [1.807, 2.05) is 6.08 Å². The molecule has 1 aromatic carbocycles. The number of nitriles is 1. The summed E-state index contributed by atoms with van der Waals surface area (Å²) < 4.78 is 6.33. The van der Waals surface area contributed by atoms with Crippen molar-refractivity contribution in [2.45, 2.75) is 89.6 Å². The molecule has 0 spiro atoms. The first-order chi connectivity index (χ1) is 13.8. The van der Waals surface area contributed by atoms with Crippen LogP contribution in [0.3, 0.4) is 0 Å². The molecule has 0 N–H and O–H groups in total. The molecule has 0 radical (unpaired) electrons. The van der Waals surface area contributed by atoms with Gasteiger partial charge in [0.25, 0.3) is 0 Å². The average molecular weight is 380 g/mol. The minimum atomic E-state index is 0.491. The first kappa shape index (κ1) is 21.1. The Hall–Kier alpha value is -1.59. The number of hydrogen-bond acceptors (Lipinski definition) is 2. The molecule has 0 atom stereocenters. The predicted molar refractivity (Wildman–Crippen MR) is 116 cm³/mol. The Morgan fingerprint density at radius 2 is 1.64 bits per heavy atom. The Balaban J connectivity index is 1.30. The van der Waals surface area contributed by atoms with Gasteiger partial charge in [-0.2, -0.15) is 5.26 Å². The molecule has 28 heavy (non-hydrogen) atoms. The summed E-state index contributed by atoms with van der Waals surface area (Å²) in [6, 6.07) is 11.4. The van der Waals surface area contributed by atoms with Crippen LogP contribution in [0.2, 0.25) is 0 Å². The van der Waals surface area contributed by atoms with Crippen LogP contribution in [-0.4, -0.2) is 12.7 Å². The van der Waals surface area contributed by atoms with Crippen molar-refractivity contribution in [2.24, 2.45) is 11.8 Å². The van der Waals surface area contributed by atoms with Gasteiger partial charge in [0.15, 0.2) is 0 Å². The molecule has 0 unspecified atom stereocenters. The summed E-state index contributed by atoms with van der Waals surface area (Å²) >= 11 is 0. The van der Waals surface area contributed by atoms with E-state index in [9.17, 15) is 0 Å². The van der Waals surface area contributed by atoms with E-state index in [1.54, 1.807) is 11.6 Å². The Labute approximate surface area is 172 Å². The maximum Gasteiger partial charge on any atom is 0.0908 e. The van der Waals surface area contributed by atoms with Gasteiger partial charge in [0.2, 0.25) is 0 Å². The Morgan fingerprint density at radius 1 is 0.964 bits per heavy atom. The molecule has 0 saturated heterocycles. The smallest absolute Gasteiger partial charge is 0.0908 e. The van der Waals surface area contributed by atoms with Gasteiger partial charge in [-0.25, -0.2) is 0 Å². The molecular weight excluding hydrogens is 342 g/mol. The summed E-state index contributed by atoms with van der Waals surface area (Å²) in [5.41, 5.74) is 2.98. The fourth-order valence-corrected chi connectivity index (χ4v) is 5.02. The van der Waals surface area contributed by atoms with Crippen LogP contribution in [0.25, 0.3) is 0 Å². The van der Waals surface area contributed by atoms with E-state index < -0.39 is 0 Å². The lowest BCUT2D eigenvalue weighted by Crippen LogP contribution is -2.25. The summed E-state index contributed by atoms with van der Waals surface area (Å²) in [5.74, 6) is 2.35. The van der Waals surface area contributed by atoms with Gasteiger partial charge in [-0.05, 0) is 99.5 Å². The highest BCUT2D eigenvalue weighted by molar-refractivity contribution is 5.25. The Bertz CT molecular complexity index is 625. The molecule has 152 valence electrons. The average Bonchev–Trinajstić information content (AvgIpc) is 2.76.